The highest BCUT2D eigenvalue weighted by atomic mass is 35.5. The first-order valence-corrected chi connectivity index (χ1v) is 15.8. The van der Waals surface area contributed by atoms with Crippen molar-refractivity contribution in [2.24, 2.45) is 17.3 Å². The molecule has 1 aliphatic heterocycles. The second-order valence-electron chi connectivity index (χ2n) is 14.3. The number of benzene rings is 2. The highest BCUT2D eigenvalue weighted by molar-refractivity contribution is 6.30. The lowest BCUT2D eigenvalue weighted by Crippen LogP contribution is -2.57. The number of esters is 1. The molecule has 1 heterocycles. The number of anilines is 1. The molecule has 46 heavy (non-hydrogen) atoms. The van der Waals surface area contributed by atoms with Crippen LogP contribution in [0.2, 0.25) is 5.02 Å². The van der Waals surface area contributed by atoms with Gasteiger partial charge in [-0.2, -0.15) is 0 Å². The number of nitrogens with one attached hydrogen (secondary N) is 1. The topological polar surface area (TPSA) is 114 Å². The van der Waals surface area contributed by atoms with Gasteiger partial charge in [-0.05, 0) is 68.4 Å². The zero-order valence-corrected chi connectivity index (χ0v) is 29.4. The number of ether oxygens (including phenoxy) is 3. The van der Waals surface area contributed by atoms with Gasteiger partial charge in [0.2, 0.25) is 0 Å². The quantitative estimate of drug-likeness (QED) is 0.228. The van der Waals surface area contributed by atoms with Crippen molar-refractivity contribution in [3.8, 4) is 0 Å². The average molecular weight is 658 g/mol. The maximum absolute atomic E-state index is 13.5. The summed E-state index contributed by atoms with van der Waals surface area (Å²) < 4.78 is 16.9. The van der Waals surface area contributed by atoms with E-state index in [-0.39, 0.29) is 36.2 Å². The Morgan fingerprint density at radius 3 is 2.33 bits per heavy atom. The third kappa shape index (κ3) is 9.77. The summed E-state index contributed by atoms with van der Waals surface area (Å²) in [6, 6.07) is 11.7. The first-order valence-electron chi connectivity index (χ1n) is 15.5. The third-order valence-corrected chi connectivity index (χ3v) is 7.61. The summed E-state index contributed by atoms with van der Waals surface area (Å²) in [6.45, 7) is 16.8. The number of ketones is 1. The molecule has 1 aliphatic rings. The van der Waals surface area contributed by atoms with E-state index in [1.54, 1.807) is 31.7 Å². The summed E-state index contributed by atoms with van der Waals surface area (Å²) in [5, 5.41) is 1.70. The lowest BCUT2D eigenvalue weighted by molar-refractivity contribution is -0.149. The average Bonchev–Trinajstić information content (AvgIpc) is 3.05. The number of hydrogen-bond donors (Lipinski definition) is 1. The molecule has 252 valence electrons. The normalized spacial score (nSPS) is 16.7. The summed E-state index contributed by atoms with van der Waals surface area (Å²) >= 11 is 6.46. The Kier molecular flexibility index (Phi) is 12.0. The van der Waals surface area contributed by atoms with Gasteiger partial charge in [0.05, 0.1) is 13.7 Å². The number of rotatable bonds is 10. The summed E-state index contributed by atoms with van der Waals surface area (Å²) in [6.07, 6.45) is -1.36. The molecule has 0 radical (unpaired) electrons. The number of Topliss-reactive ketones (excluding diaryl/α,β-unsaturated/α-hetero) is 1. The molecule has 0 saturated carbocycles. The Hall–Kier alpha value is -3.47. The molecule has 3 atom stereocenters. The van der Waals surface area contributed by atoms with Crippen molar-refractivity contribution in [1.82, 2.24) is 10.4 Å². The van der Waals surface area contributed by atoms with E-state index in [2.05, 4.69) is 26.2 Å². The van der Waals surface area contributed by atoms with Crippen LogP contribution in [0.1, 0.15) is 85.1 Å². The summed E-state index contributed by atoms with van der Waals surface area (Å²) in [7, 11) is 1.24. The van der Waals surface area contributed by atoms with E-state index in [4.69, 9.17) is 25.8 Å². The van der Waals surface area contributed by atoms with Crippen molar-refractivity contribution in [3.63, 3.8) is 0 Å². The van der Waals surface area contributed by atoms with E-state index in [9.17, 15) is 19.2 Å². The predicted molar refractivity (Wildman–Crippen MR) is 177 cm³/mol. The molecule has 3 rings (SSSR count). The molecule has 0 fully saturated rings. The first-order chi connectivity index (χ1) is 21.3. The smallest absolute Gasteiger partial charge is 0.425 e. The second-order valence-corrected chi connectivity index (χ2v) is 14.7. The molecule has 0 saturated heterocycles. The third-order valence-electron chi connectivity index (χ3n) is 7.37. The molecule has 0 unspecified atom stereocenters. The highest BCUT2D eigenvalue weighted by Gasteiger charge is 2.38. The molecular weight excluding hydrogens is 610 g/mol. The maximum atomic E-state index is 13.5. The van der Waals surface area contributed by atoms with Crippen LogP contribution in [-0.4, -0.2) is 60.7 Å². The second kappa shape index (κ2) is 15.0. The minimum Gasteiger partial charge on any atom is -0.468 e. The van der Waals surface area contributed by atoms with E-state index >= 15 is 0 Å². The van der Waals surface area contributed by atoms with E-state index < -0.39 is 35.7 Å². The van der Waals surface area contributed by atoms with Crippen LogP contribution in [0, 0.1) is 17.3 Å². The molecule has 0 spiro atoms. The van der Waals surface area contributed by atoms with Crippen LogP contribution in [0.3, 0.4) is 0 Å². The fourth-order valence-corrected chi connectivity index (χ4v) is 5.72. The van der Waals surface area contributed by atoms with Crippen molar-refractivity contribution in [1.29, 1.82) is 0 Å². The van der Waals surface area contributed by atoms with Crippen LogP contribution in [0.25, 0.3) is 0 Å². The highest BCUT2D eigenvalue weighted by Crippen LogP contribution is 2.39. The number of nitrogens with zero attached hydrogens (tertiary/aromatic N) is 2. The predicted octanol–water partition coefficient (Wildman–Crippen LogP) is 6.48. The summed E-state index contributed by atoms with van der Waals surface area (Å²) in [5.74, 6) is -2.05. The SMILES string of the molecule is COC(=O)[C@@H](NN(Cc1cccc([C@@H]2OCC(=O)N(CC(C)(C)C)c3ccc(Cl)cc32)c1)C(=O)OC(C)(C)C)[C@@H](C(C)=O)C(C)C. The minimum atomic E-state index is -1.14. The van der Waals surface area contributed by atoms with Crippen molar-refractivity contribution in [3.05, 3.63) is 64.2 Å². The molecule has 0 aliphatic carbocycles. The van der Waals surface area contributed by atoms with Crippen LogP contribution in [0.15, 0.2) is 42.5 Å². The van der Waals surface area contributed by atoms with Gasteiger partial charge in [-0.1, -0.05) is 70.5 Å². The lowest BCUT2D eigenvalue weighted by atomic mass is 9.85. The van der Waals surface area contributed by atoms with E-state index in [0.29, 0.717) is 17.1 Å². The monoisotopic (exact) mass is 657 g/mol. The first kappa shape index (κ1) is 37.0. The largest absolute Gasteiger partial charge is 0.468 e. The molecular formula is C35H48ClN3O7. The van der Waals surface area contributed by atoms with Gasteiger partial charge in [0, 0.05) is 28.7 Å². The number of methoxy groups -OCH3 is 1. The van der Waals surface area contributed by atoms with Crippen molar-refractivity contribution in [2.75, 3.05) is 25.2 Å². The van der Waals surface area contributed by atoms with Gasteiger partial charge in [0.15, 0.2) is 0 Å². The zero-order valence-electron chi connectivity index (χ0n) is 28.6. The fourth-order valence-electron chi connectivity index (χ4n) is 5.54. The zero-order chi connectivity index (χ0) is 34.6. The molecule has 2 amide bonds. The van der Waals surface area contributed by atoms with Crippen molar-refractivity contribution < 1.29 is 33.4 Å². The number of fused-ring (bicyclic) bond motifs is 1. The van der Waals surface area contributed by atoms with Gasteiger partial charge in [-0.25, -0.2) is 15.2 Å². The number of carbonyl (C=O) groups is 4. The minimum absolute atomic E-state index is 0.0246. The van der Waals surface area contributed by atoms with Crippen LogP contribution in [0.4, 0.5) is 10.5 Å². The maximum Gasteiger partial charge on any atom is 0.425 e. The van der Waals surface area contributed by atoms with Gasteiger partial charge >= 0.3 is 12.1 Å². The van der Waals surface area contributed by atoms with Crippen LogP contribution in [0.5, 0.6) is 0 Å². The molecule has 2 aromatic carbocycles. The van der Waals surface area contributed by atoms with Crippen LogP contribution >= 0.6 is 11.6 Å². The van der Waals surface area contributed by atoms with E-state index in [1.807, 2.05) is 50.2 Å². The molecule has 11 heteroatoms. The number of carbonyl (C=O) groups excluding carboxylic acids is 4. The number of amides is 2. The van der Waals surface area contributed by atoms with Crippen LogP contribution in [-0.2, 0) is 35.1 Å². The Balaban J connectivity index is 2.05. The molecule has 1 N–H and O–H groups in total. The van der Waals surface area contributed by atoms with Crippen molar-refractivity contribution >= 4 is 41.0 Å². The van der Waals surface area contributed by atoms with E-state index in [0.717, 1.165) is 16.8 Å². The van der Waals surface area contributed by atoms with Crippen LogP contribution < -0.4 is 10.3 Å². The molecule has 0 aromatic heterocycles. The summed E-state index contributed by atoms with van der Waals surface area (Å²) in [4.78, 5) is 54.2. The Bertz CT molecular complexity index is 1430. The van der Waals surface area contributed by atoms with Gasteiger partial charge in [0.1, 0.15) is 30.1 Å². The van der Waals surface area contributed by atoms with Gasteiger partial charge in [-0.3, -0.25) is 14.4 Å². The Labute approximate surface area is 277 Å². The Morgan fingerprint density at radius 1 is 1.09 bits per heavy atom. The summed E-state index contributed by atoms with van der Waals surface area (Å²) in [5.41, 5.74) is 4.85. The lowest BCUT2D eigenvalue weighted by Gasteiger charge is -2.34. The van der Waals surface area contributed by atoms with Gasteiger partial charge in [0.25, 0.3) is 5.91 Å². The molecule has 0 bridgehead atoms. The van der Waals surface area contributed by atoms with Gasteiger partial charge < -0.3 is 19.1 Å². The Morgan fingerprint density at radius 2 is 1.76 bits per heavy atom. The number of hydrogen-bond acceptors (Lipinski definition) is 8. The fraction of sp³-hybridized carbons (Fsp3) is 0.543. The molecule has 10 nitrogen and oxygen atoms in total. The molecule has 2 aromatic rings. The standard InChI is InChI=1S/C35H48ClN3O7/c1-21(2)29(22(3)40)30(32(42)44-10)37-39(33(43)46-35(7,8)9)18-23-12-11-13-24(16-23)31-26-17-25(36)14-15-27(26)38(20-34(4,5)6)28(41)19-45-31/h11-17,21,29-31,37H,18-20H2,1-10H3/t29-,30+,31+/m1/s1. The van der Waals surface area contributed by atoms with E-state index in [1.165, 1.54) is 19.0 Å². The number of halogens is 1. The number of hydrazine groups is 1. The van der Waals surface area contributed by atoms with Crippen molar-refractivity contribution in [2.45, 2.75) is 86.6 Å². The van der Waals surface area contributed by atoms with Gasteiger partial charge in [-0.15, -0.1) is 0 Å².